The van der Waals surface area contributed by atoms with Crippen molar-refractivity contribution in [3.8, 4) is 0 Å². The fourth-order valence-electron chi connectivity index (χ4n) is 10.4. The van der Waals surface area contributed by atoms with E-state index in [0.717, 1.165) is 83.5 Å². The summed E-state index contributed by atoms with van der Waals surface area (Å²) in [5.41, 5.74) is 0. The molecule has 0 fully saturated rings. The van der Waals surface area contributed by atoms with Crippen molar-refractivity contribution in [1.29, 1.82) is 0 Å². The van der Waals surface area contributed by atoms with Crippen LogP contribution in [0.4, 0.5) is 0 Å². The lowest BCUT2D eigenvalue weighted by Crippen LogP contribution is -2.30. The molecular formula is C74H134O6. The Morgan fingerprint density at radius 3 is 0.738 bits per heavy atom. The topological polar surface area (TPSA) is 78.9 Å². The Hall–Kier alpha value is -2.89. The minimum absolute atomic E-state index is 0.0762. The lowest BCUT2D eigenvalue weighted by Gasteiger charge is -2.18. The third-order valence-electron chi connectivity index (χ3n) is 15.7. The highest BCUT2D eigenvalue weighted by atomic mass is 16.6. The first-order valence-electron chi connectivity index (χ1n) is 35.3. The van der Waals surface area contributed by atoms with Crippen LogP contribution in [0.25, 0.3) is 0 Å². The summed E-state index contributed by atoms with van der Waals surface area (Å²) in [4.78, 5) is 38.4. The van der Waals surface area contributed by atoms with E-state index in [1.807, 2.05) is 0 Å². The molecule has 0 heterocycles. The normalized spacial score (nSPS) is 12.4. The molecule has 0 radical (unpaired) electrons. The molecule has 0 rings (SSSR count). The molecule has 0 spiro atoms. The number of carbonyl (C=O) groups is 3. The van der Waals surface area contributed by atoms with Gasteiger partial charge in [0, 0.05) is 19.3 Å². The van der Waals surface area contributed by atoms with Gasteiger partial charge in [-0.25, -0.2) is 0 Å². The Morgan fingerprint density at radius 2 is 0.463 bits per heavy atom. The molecule has 6 nitrogen and oxygen atoms in total. The molecule has 1 atom stereocenters. The molecule has 1 unspecified atom stereocenters. The van der Waals surface area contributed by atoms with Crippen LogP contribution in [0.5, 0.6) is 0 Å². The van der Waals surface area contributed by atoms with Crippen LogP contribution in [0.1, 0.15) is 374 Å². The zero-order valence-electron chi connectivity index (χ0n) is 53.6. The quantitative estimate of drug-likeness (QED) is 0.0261. The van der Waals surface area contributed by atoms with Gasteiger partial charge in [0.2, 0.25) is 0 Å². The Morgan fingerprint density at radius 1 is 0.250 bits per heavy atom. The highest BCUT2D eigenvalue weighted by Crippen LogP contribution is 2.18. The second-order valence-electron chi connectivity index (χ2n) is 23.8. The molecule has 6 heteroatoms. The van der Waals surface area contributed by atoms with E-state index in [-0.39, 0.29) is 31.1 Å². The standard InChI is InChI=1S/C74H134O6/c1-4-7-10-13-16-19-22-25-28-30-32-33-34-35-36-37-38-39-40-41-43-44-46-49-52-55-58-61-64-67-73(76)79-70-71(69-78-72(75)66-63-60-57-54-51-48-27-24-21-18-15-12-9-6-3)80-74(77)68-65-62-59-56-53-50-47-45-42-31-29-26-23-20-17-14-11-8-5-2/h15,18,22,24-27,29-30,32,71H,4-14,16-17,19-21,23,28,31,33-70H2,1-3H3/b18-15-,25-22-,27-24-,29-26-,32-30-. The molecule has 0 bridgehead atoms. The van der Waals surface area contributed by atoms with E-state index in [1.165, 1.54) is 250 Å². The average Bonchev–Trinajstić information content (AvgIpc) is 3.46. The summed E-state index contributed by atoms with van der Waals surface area (Å²) in [6.07, 6.45) is 88.2. The van der Waals surface area contributed by atoms with Gasteiger partial charge in [-0.05, 0) is 103 Å². The van der Waals surface area contributed by atoms with Gasteiger partial charge in [0.05, 0.1) is 0 Å². The fourth-order valence-corrected chi connectivity index (χ4v) is 10.4. The van der Waals surface area contributed by atoms with Crippen molar-refractivity contribution in [3.63, 3.8) is 0 Å². The van der Waals surface area contributed by atoms with Gasteiger partial charge < -0.3 is 14.2 Å². The minimum atomic E-state index is -0.781. The molecule has 0 aromatic rings. The predicted octanol–water partition coefficient (Wildman–Crippen LogP) is 24.3. The van der Waals surface area contributed by atoms with Crippen LogP contribution in [-0.2, 0) is 28.6 Å². The van der Waals surface area contributed by atoms with Crippen LogP contribution in [0.15, 0.2) is 60.8 Å². The van der Waals surface area contributed by atoms with Gasteiger partial charge in [-0.3, -0.25) is 14.4 Å². The summed E-state index contributed by atoms with van der Waals surface area (Å²) >= 11 is 0. The summed E-state index contributed by atoms with van der Waals surface area (Å²) in [6, 6.07) is 0. The predicted molar refractivity (Wildman–Crippen MR) is 348 cm³/mol. The van der Waals surface area contributed by atoms with Gasteiger partial charge >= 0.3 is 17.9 Å². The van der Waals surface area contributed by atoms with Crippen molar-refractivity contribution in [2.45, 2.75) is 380 Å². The Labute approximate surface area is 498 Å². The second kappa shape index (κ2) is 68.6. The molecule has 0 aromatic heterocycles. The Bertz CT molecular complexity index is 1430. The summed E-state index contributed by atoms with van der Waals surface area (Å²) in [5.74, 6) is -0.871. The van der Waals surface area contributed by atoms with E-state index < -0.39 is 6.10 Å². The van der Waals surface area contributed by atoms with Crippen molar-refractivity contribution >= 4 is 17.9 Å². The van der Waals surface area contributed by atoms with Crippen LogP contribution >= 0.6 is 0 Å². The fraction of sp³-hybridized carbons (Fsp3) is 0.824. The van der Waals surface area contributed by atoms with Crippen molar-refractivity contribution < 1.29 is 28.6 Å². The lowest BCUT2D eigenvalue weighted by molar-refractivity contribution is -0.167. The first kappa shape index (κ1) is 77.1. The number of unbranched alkanes of at least 4 members (excludes halogenated alkanes) is 44. The maximum atomic E-state index is 12.9. The van der Waals surface area contributed by atoms with E-state index >= 15 is 0 Å². The number of hydrogen-bond donors (Lipinski definition) is 0. The number of rotatable bonds is 65. The van der Waals surface area contributed by atoms with Crippen LogP contribution in [0.3, 0.4) is 0 Å². The zero-order chi connectivity index (χ0) is 57.8. The molecule has 0 aromatic carbocycles. The van der Waals surface area contributed by atoms with Gasteiger partial charge in [-0.2, -0.15) is 0 Å². The van der Waals surface area contributed by atoms with E-state index in [2.05, 4.69) is 81.5 Å². The minimum Gasteiger partial charge on any atom is -0.462 e. The Kier molecular flexibility index (Phi) is 66.1. The van der Waals surface area contributed by atoms with Crippen molar-refractivity contribution in [1.82, 2.24) is 0 Å². The molecule has 0 amide bonds. The number of carbonyl (C=O) groups excluding carboxylic acids is 3. The zero-order valence-corrected chi connectivity index (χ0v) is 53.6. The van der Waals surface area contributed by atoms with Gasteiger partial charge in [-0.1, -0.05) is 313 Å². The molecule has 0 aliphatic heterocycles. The van der Waals surface area contributed by atoms with E-state index in [9.17, 15) is 14.4 Å². The Balaban J connectivity index is 4.23. The smallest absolute Gasteiger partial charge is 0.306 e. The van der Waals surface area contributed by atoms with Crippen LogP contribution in [-0.4, -0.2) is 37.2 Å². The monoisotopic (exact) mass is 1120 g/mol. The SMILES string of the molecule is CCCC/C=C\C/C=C\CCCCCCCC(=O)OCC(COC(=O)CCCCCCCCCCCCCCCCCCC/C=C\C/C=C\CCCCCCC)OC(=O)CCCCCCCCCCC/C=C\CCCCCCCC. The molecule has 0 saturated carbocycles. The van der Waals surface area contributed by atoms with E-state index in [1.54, 1.807) is 0 Å². The van der Waals surface area contributed by atoms with E-state index in [0.29, 0.717) is 19.3 Å². The third-order valence-corrected chi connectivity index (χ3v) is 15.7. The van der Waals surface area contributed by atoms with Gasteiger partial charge in [0.1, 0.15) is 13.2 Å². The van der Waals surface area contributed by atoms with Crippen LogP contribution in [0, 0.1) is 0 Å². The highest BCUT2D eigenvalue weighted by Gasteiger charge is 2.19. The summed E-state index contributed by atoms with van der Waals surface area (Å²) in [7, 11) is 0. The second-order valence-corrected chi connectivity index (χ2v) is 23.8. The molecular weight excluding hydrogens is 985 g/mol. The van der Waals surface area contributed by atoms with Crippen molar-refractivity contribution in [2.24, 2.45) is 0 Å². The molecule has 80 heavy (non-hydrogen) atoms. The third kappa shape index (κ3) is 65.9. The molecule has 0 saturated heterocycles. The first-order valence-corrected chi connectivity index (χ1v) is 35.3. The van der Waals surface area contributed by atoms with E-state index in [4.69, 9.17) is 14.2 Å². The van der Waals surface area contributed by atoms with Gasteiger partial charge in [0.25, 0.3) is 0 Å². The first-order chi connectivity index (χ1) is 39.5. The molecule has 0 aliphatic rings. The maximum Gasteiger partial charge on any atom is 0.306 e. The summed E-state index contributed by atoms with van der Waals surface area (Å²) in [5, 5.41) is 0. The molecule has 0 N–H and O–H groups in total. The highest BCUT2D eigenvalue weighted by molar-refractivity contribution is 5.71. The lowest BCUT2D eigenvalue weighted by atomic mass is 10.0. The number of ether oxygens (including phenoxy) is 3. The summed E-state index contributed by atoms with van der Waals surface area (Å²) in [6.45, 7) is 6.63. The number of hydrogen-bond acceptors (Lipinski definition) is 6. The van der Waals surface area contributed by atoms with Crippen molar-refractivity contribution in [2.75, 3.05) is 13.2 Å². The number of allylic oxidation sites excluding steroid dienone is 10. The largest absolute Gasteiger partial charge is 0.462 e. The average molecular weight is 1120 g/mol. The van der Waals surface area contributed by atoms with Crippen LogP contribution in [0.2, 0.25) is 0 Å². The van der Waals surface area contributed by atoms with Gasteiger partial charge in [-0.15, -0.1) is 0 Å². The van der Waals surface area contributed by atoms with Gasteiger partial charge in [0.15, 0.2) is 6.10 Å². The maximum absolute atomic E-state index is 12.9. The summed E-state index contributed by atoms with van der Waals surface area (Å²) < 4.78 is 17.0. The molecule has 0 aliphatic carbocycles. The van der Waals surface area contributed by atoms with Crippen molar-refractivity contribution in [3.05, 3.63) is 60.8 Å². The molecule has 466 valence electrons. The van der Waals surface area contributed by atoms with Crippen LogP contribution < -0.4 is 0 Å². The number of esters is 3.